The Kier molecular flexibility index (Phi) is 3.65. The standard InChI is InChI=1S/C15H16N2O3S/c1-9-14(18)16-6-7-17(9)8-11-10-4-2-3-5-12(10)21-13(11)15(19)20/h2-5,9H,6-8H2,1H3,(H,16,18)(H,19,20). The van der Waals surface area contributed by atoms with Crippen LogP contribution in [0.3, 0.4) is 0 Å². The quantitative estimate of drug-likeness (QED) is 0.909. The molecular formula is C15H16N2O3S. The summed E-state index contributed by atoms with van der Waals surface area (Å²) in [5.41, 5.74) is 0.810. The van der Waals surface area contributed by atoms with Crippen LogP contribution in [0.2, 0.25) is 0 Å². The van der Waals surface area contributed by atoms with E-state index in [1.165, 1.54) is 11.3 Å². The number of thiophene rings is 1. The highest BCUT2D eigenvalue weighted by atomic mass is 32.1. The predicted molar refractivity (Wildman–Crippen MR) is 81.7 cm³/mol. The van der Waals surface area contributed by atoms with E-state index in [0.717, 1.165) is 22.2 Å². The first-order valence-electron chi connectivity index (χ1n) is 6.83. The van der Waals surface area contributed by atoms with Crippen LogP contribution in [0.15, 0.2) is 24.3 Å². The summed E-state index contributed by atoms with van der Waals surface area (Å²) in [4.78, 5) is 25.6. The third kappa shape index (κ3) is 2.52. The fourth-order valence-corrected chi connectivity index (χ4v) is 3.73. The average molecular weight is 304 g/mol. The molecule has 0 saturated carbocycles. The molecule has 3 rings (SSSR count). The van der Waals surface area contributed by atoms with E-state index >= 15 is 0 Å². The Morgan fingerprint density at radius 1 is 1.48 bits per heavy atom. The summed E-state index contributed by atoms with van der Waals surface area (Å²) in [6.45, 7) is 3.67. The molecule has 2 N–H and O–H groups in total. The van der Waals surface area contributed by atoms with Crippen molar-refractivity contribution < 1.29 is 14.7 Å². The predicted octanol–water partition coefficient (Wildman–Crippen LogP) is 1.92. The van der Waals surface area contributed by atoms with Gasteiger partial charge in [-0.15, -0.1) is 11.3 Å². The van der Waals surface area contributed by atoms with Crippen molar-refractivity contribution in [3.63, 3.8) is 0 Å². The molecule has 2 aromatic rings. The van der Waals surface area contributed by atoms with Gasteiger partial charge >= 0.3 is 5.97 Å². The van der Waals surface area contributed by atoms with E-state index in [9.17, 15) is 14.7 Å². The number of rotatable bonds is 3. The normalized spacial score (nSPS) is 19.7. The van der Waals surface area contributed by atoms with E-state index in [1.807, 2.05) is 36.1 Å². The van der Waals surface area contributed by atoms with Crippen molar-refractivity contribution >= 4 is 33.3 Å². The Morgan fingerprint density at radius 2 is 2.24 bits per heavy atom. The van der Waals surface area contributed by atoms with Crippen LogP contribution in [0, 0.1) is 0 Å². The molecule has 5 nitrogen and oxygen atoms in total. The first-order valence-corrected chi connectivity index (χ1v) is 7.65. The highest BCUT2D eigenvalue weighted by molar-refractivity contribution is 7.21. The second kappa shape index (κ2) is 5.46. The maximum atomic E-state index is 11.7. The molecule has 110 valence electrons. The Labute approximate surface area is 126 Å². The maximum absolute atomic E-state index is 11.7. The molecule has 1 fully saturated rings. The molecule has 1 aliphatic rings. The van der Waals surface area contributed by atoms with Gasteiger partial charge in [-0.3, -0.25) is 9.69 Å². The molecule has 1 unspecified atom stereocenters. The van der Waals surface area contributed by atoms with Gasteiger partial charge in [-0.25, -0.2) is 4.79 Å². The number of carboxylic acids is 1. The van der Waals surface area contributed by atoms with Crippen LogP contribution < -0.4 is 5.32 Å². The van der Waals surface area contributed by atoms with Gasteiger partial charge < -0.3 is 10.4 Å². The fraction of sp³-hybridized carbons (Fsp3) is 0.333. The Hall–Kier alpha value is -1.92. The Balaban J connectivity index is 2.01. The number of nitrogens with one attached hydrogen (secondary N) is 1. The number of benzene rings is 1. The summed E-state index contributed by atoms with van der Waals surface area (Å²) >= 11 is 1.30. The monoisotopic (exact) mass is 304 g/mol. The van der Waals surface area contributed by atoms with E-state index in [1.54, 1.807) is 0 Å². The van der Waals surface area contributed by atoms with Gasteiger partial charge in [0.15, 0.2) is 0 Å². The number of carboxylic acid groups (broad SMARTS) is 1. The second-order valence-corrected chi connectivity index (χ2v) is 6.20. The number of hydrogen-bond donors (Lipinski definition) is 2. The van der Waals surface area contributed by atoms with Gasteiger partial charge in [0.1, 0.15) is 4.88 Å². The van der Waals surface area contributed by atoms with E-state index < -0.39 is 5.97 Å². The highest BCUT2D eigenvalue weighted by Gasteiger charge is 2.28. The first kappa shape index (κ1) is 14.0. The van der Waals surface area contributed by atoms with Crippen molar-refractivity contribution in [1.29, 1.82) is 0 Å². The lowest BCUT2D eigenvalue weighted by atomic mass is 10.1. The molecule has 2 heterocycles. The van der Waals surface area contributed by atoms with Gasteiger partial charge in [0.05, 0.1) is 6.04 Å². The maximum Gasteiger partial charge on any atom is 0.346 e. The van der Waals surface area contributed by atoms with Crippen molar-refractivity contribution in [3.8, 4) is 0 Å². The molecule has 0 bridgehead atoms. The zero-order valence-corrected chi connectivity index (χ0v) is 12.4. The number of piperazine rings is 1. The second-order valence-electron chi connectivity index (χ2n) is 5.15. The lowest BCUT2D eigenvalue weighted by Gasteiger charge is -2.32. The Morgan fingerprint density at radius 3 is 3.00 bits per heavy atom. The fourth-order valence-electron chi connectivity index (χ4n) is 2.68. The topological polar surface area (TPSA) is 69.6 Å². The van der Waals surface area contributed by atoms with Crippen molar-refractivity contribution in [2.24, 2.45) is 0 Å². The molecule has 1 atom stereocenters. The molecule has 1 aliphatic heterocycles. The lowest BCUT2D eigenvalue weighted by molar-refractivity contribution is -0.128. The minimum Gasteiger partial charge on any atom is -0.477 e. The summed E-state index contributed by atoms with van der Waals surface area (Å²) in [5, 5.41) is 13.2. The molecule has 1 amide bonds. The van der Waals surface area contributed by atoms with Gasteiger partial charge in [0.25, 0.3) is 0 Å². The van der Waals surface area contributed by atoms with Gasteiger partial charge in [-0.1, -0.05) is 18.2 Å². The van der Waals surface area contributed by atoms with Crippen LogP contribution in [0.5, 0.6) is 0 Å². The molecule has 1 saturated heterocycles. The molecule has 0 radical (unpaired) electrons. The number of carbonyl (C=O) groups excluding carboxylic acids is 1. The minimum atomic E-state index is -0.902. The third-order valence-electron chi connectivity index (χ3n) is 3.88. The zero-order valence-electron chi connectivity index (χ0n) is 11.6. The largest absolute Gasteiger partial charge is 0.477 e. The first-order chi connectivity index (χ1) is 10.1. The van der Waals surface area contributed by atoms with Gasteiger partial charge in [0, 0.05) is 24.3 Å². The number of aromatic carboxylic acids is 1. The SMILES string of the molecule is CC1C(=O)NCCN1Cc1c(C(=O)O)sc2ccccc12. The van der Waals surface area contributed by atoms with Crippen molar-refractivity contribution in [2.45, 2.75) is 19.5 Å². The summed E-state index contributed by atoms with van der Waals surface area (Å²) < 4.78 is 0.971. The number of nitrogens with zero attached hydrogens (tertiary/aromatic N) is 1. The van der Waals surface area contributed by atoms with Crippen LogP contribution in [-0.2, 0) is 11.3 Å². The molecule has 0 aliphatic carbocycles. The van der Waals surface area contributed by atoms with Crippen LogP contribution >= 0.6 is 11.3 Å². The van der Waals surface area contributed by atoms with Crippen LogP contribution in [-0.4, -0.2) is 41.0 Å². The molecule has 6 heteroatoms. The van der Waals surface area contributed by atoms with E-state index in [-0.39, 0.29) is 11.9 Å². The van der Waals surface area contributed by atoms with E-state index in [4.69, 9.17) is 0 Å². The zero-order chi connectivity index (χ0) is 15.0. The van der Waals surface area contributed by atoms with E-state index in [2.05, 4.69) is 5.32 Å². The van der Waals surface area contributed by atoms with Crippen molar-refractivity contribution in [3.05, 3.63) is 34.7 Å². The highest BCUT2D eigenvalue weighted by Crippen LogP contribution is 2.32. The summed E-state index contributed by atoms with van der Waals surface area (Å²) in [7, 11) is 0. The van der Waals surface area contributed by atoms with Gasteiger partial charge in [-0.05, 0) is 23.9 Å². The Bertz CT molecular complexity index is 710. The van der Waals surface area contributed by atoms with Crippen molar-refractivity contribution in [1.82, 2.24) is 10.2 Å². The summed E-state index contributed by atoms with van der Waals surface area (Å²) in [5.74, 6) is -0.905. The van der Waals surface area contributed by atoms with Crippen LogP contribution in [0.4, 0.5) is 0 Å². The van der Waals surface area contributed by atoms with Crippen molar-refractivity contribution in [2.75, 3.05) is 13.1 Å². The number of amides is 1. The average Bonchev–Trinajstić information content (AvgIpc) is 2.83. The molecule has 1 aromatic carbocycles. The summed E-state index contributed by atoms with van der Waals surface area (Å²) in [6, 6.07) is 7.46. The number of fused-ring (bicyclic) bond motifs is 1. The summed E-state index contributed by atoms with van der Waals surface area (Å²) in [6.07, 6.45) is 0. The molecule has 0 spiro atoms. The number of carbonyl (C=O) groups is 2. The molecule has 21 heavy (non-hydrogen) atoms. The van der Waals surface area contributed by atoms with Crippen LogP contribution in [0.1, 0.15) is 22.2 Å². The molecule has 1 aromatic heterocycles. The van der Waals surface area contributed by atoms with Gasteiger partial charge in [0.2, 0.25) is 5.91 Å². The smallest absolute Gasteiger partial charge is 0.346 e. The third-order valence-corrected chi connectivity index (χ3v) is 5.08. The minimum absolute atomic E-state index is 0.00217. The van der Waals surface area contributed by atoms with Crippen LogP contribution in [0.25, 0.3) is 10.1 Å². The number of hydrogen-bond acceptors (Lipinski definition) is 4. The lowest BCUT2D eigenvalue weighted by Crippen LogP contribution is -2.53. The van der Waals surface area contributed by atoms with E-state index in [0.29, 0.717) is 18.0 Å². The molecular weight excluding hydrogens is 288 g/mol. The van der Waals surface area contributed by atoms with Gasteiger partial charge in [-0.2, -0.15) is 0 Å².